The molecule has 7 nitrogen and oxygen atoms in total. The predicted octanol–water partition coefficient (Wildman–Crippen LogP) is 5.31. The number of carbonyl (C=O) groups excluding carboxylic acids is 2. The molecule has 0 saturated heterocycles. The molecule has 1 aromatic heterocycles. The largest absolute Gasteiger partial charge is 0.461 e. The molecular formula is C25H19ClF8N4O3. The number of hydrogen-bond acceptors (Lipinski definition) is 4. The number of primary amides is 1. The minimum Gasteiger partial charge on any atom is -0.428 e. The second-order valence-electron chi connectivity index (χ2n) is 8.54. The highest BCUT2D eigenvalue weighted by molar-refractivity contribution is 6.30. The first-order valence-electron chi connectivity index (χ1n) is 11.3. The van der Waals surface area contributed by atoms with Gasteiger partial charge in [0.25, 0.3) is 0 Å². The first-order chi connectivity index (χ1) is 19.0. The van der Waals surface area contributed by atoms with Crippen LogP contribution in [0.2, 0.25) is 5.02 Å². The Morgan fingerprint density at radius 1 is 1.00 bits per heavy atom. The Hall–Kier alpha value is -4.14. The van der Waals surface area contributed by atoms with Gasteiger partial charge in [-0.15, -0.1) is 0 Å². The number of carbonyl (C=O) groups is 2. The predicted molar refractivity (Wildman–Crippen MR) is 129 cm³/mol. The molecule has 0 bridgehead atoms. The van der Waals surface area contributed by atoms with Crippen molar-refractivity contribution in [1.29, 1.82) is 0 Å². The smallest absolute Gasteiger partial charge is 0.428 e. The minimum absolute atomic E-state index is 0.0671. The van der Waals surface area contributed by atoms with E-state index >= 15 is 0 Å². The lowest BCUT2D eigenvalue weighted by molar-refractivity contribution is -0.253. The normalized spacial score (nSPS) is 14.2. The van der Waals surface area contributed by atoms with Crippen molar-refractivity contribution in [3.05, 3.63) is 94.5 Å². The van der Waals surface area contributed by atoms with E-state index in [1.807, 2.05) is 0 Å². The van der Waals surface area contributed by atoms with Crippen LogP contribution in [0.3, 0.4) is 0 Å². The summed E-state index contributed by atoms with van der Waals surface area (Å²) in [6, 6.07) is 7.07. The summed E-state index contributed by atoms with van der Waals surface area (Å²) in [6.45, 7) is 0. The third kappa shape index (κ3) is 7.74. The van der Waals surface area contributed by atoms with E-state index in [4.69, 9.17) is 17.3 Å². The molecule has 2 unspecified atom stereocenters. The Kier molecular flexibility index (Phi) is 9.31. The van der Waals surface area contributed by atoms with Crippen LogP contribution in [-0.2, 0) is 16.8 Å². The topological polar surface area (TPSA) is 106 Å². The lowest BCUT2D eigenvalue weighted by Crippen LogP contribution is -2.60. The fourth-order valence-electron chi connectivity index (χ4n) is 3.80. The number of benzene rings is 2. The number of rotatable bonds is 10. The van der Waals surface area contributed by atoms with Crippen molar-refractivity contribution in [2.75, 3.05) is 0 Å². The van der Waals surface area contributed by atoms with Gasteiger partial charge in [-0.25, -0.2) is 9.18 Å². The Labute approximate surface area is 231 Å². The van der Waals surface area contributed by atoms with Gasteiger partial charge < -0.3 is 21.1 Å². The average Bonchev–Trinajstić information content (AvgIpc) is 2.86. The van der Waals surface area contributed by atoms with E-state index < -0.39 is 65.8 Å². The summed E-state index contributed by atoms with van der Waals surface area (Å²) in [5.41, 5.74) is 2.28. The number of alkyl halides is 7. The lowest BCUT2D eigenvalue weighted by Gasteiger charge is -2.36. The number of amides is 3. The standard InChI is InChI=1S/C25H19ClF8N4O3/c26-15-6-7-18(36-12-15)23(11-13-4-2-1-3-5-13,38-22(40)37-19(20(35)39)24(30,31)32)14-8-16(27)10-17(9-14)41-25(33,34)21(28)29/h1-10,12,19,21H,11H2,(H2,35,39)(H2,37,38,40). The number of nitrogens with zero attached hydrogens (tertiary/aromatic N) is 1. The molecule has 0 aliphatic rings. The van der Waals surface area contributed by atoms with Gasteiger partial charge in [0, 0.05) is 18.7 Å². The molecule has 0 saturated carbocycles. The highest BCUT2D eigenvalue weighted by atomic mass is 35.5. The van der Waals surface area contributed by atoms with Crippen LogP contribution in [0.5, 0.6) is 5.75 Å². The molecule has 1 heterocycles. The zero-order valence-corrected chi connectivity index (χ0v) is 21.1. The summed E-state index contributed by atoms with van der Waals surface area (Å²) in [7, 11) is 0. The number of aromatic nitrogens is 1. The van der Waals surface area contributed by atoms with E-state index in [2.05, 4.69) is 15.0 Å². The Balaban J connectivity index is 2.25. The van der Waals surface area contributed by atoms with Gasteiger partial charge in [0.1, 0.15) is 17.1 Å². The second-order valence-corrected chi connectivity index (χ2v) is 8.98. The van der Waals surface area contributed by atoms with Gasteiger partial charge in [0.15, 0.2) is 0 Å². The summed E-state index contributed by atoms with van der Waals surface area (Å²) < 4.78 is 112. The van der Waals surface area contributed by atoms with Crippen molar-refractivity contribution >= 4 is 23.5 Å². The molecule has 3 amide bonds. The average molecular weight is 611 g/mol. The summed E-state index contributed by atoms with van der Waals surface area (Å²) in [5.74, 6) is -4.37. The molecule has 3 aromatic rings. The van der Waals surface area contributed by atoms with Crippen LogP contribution < -0.4 is 21.1 Å². The van der Waals surface area contributed by atoms with Gasteiger partial charge in [0.2, 0.25) is 11.9 Å². The second kappa shape index (κ2) is 12.2. The van der Waals surface area contributed by atoms with Crippen LogP contribution >= 0.6 is 11.6 Å². The maximum atomic E-state index is 14.8. The first-order valence-corrected chi connectivity index (χ1v) is 11.7. The maximum Gasteiger partial charge on any atom is 0.461 e. The number of pyridine rings is 1. The lowest BCUT2D eigenvalue weighted by atomic mass is 9.80. The molecule has 0 aliphatic carbocycles. The van der Waals surface area contributed by atoms with Crippen molar-refractivity contribution in [1.82, 2.24) is 15.6 Å². The van der Waals surface area contributed by atoms with Gasteiger partial charge >= 0.3 is 24.7 Å². The van der Waals surface area contributed by atoms with Crippen LogP contribution in [0.1, 0.15) is 16.8 Å². The molecule has 4 N–H and O–H groups in total. The third-order valence-corrected chi connectivity index (χ3v) is 5.79. The summed E-state index contributed by atoms with van der Waals surface area (Å²) >= 11 is 5.91. The monoisotopic (exact) mass is 610 g/mol. The fraction of sp³-hybridized carbons (Fsp3) is 0.240. The first kappa shape index (κ1) is 31.4. The summed E-state index contributed by atoms with van der Waals surface area (Å²) in [6.07, 6.45) is -14.0. The Bertz CT molecular complexity index is 1380. The SMILES string of the molecule is NC(=O)C(NC(=O)NC(Cc1ccccc1)(c1cc(F)cc(OC(F)(F)C(F)F)c1)c1ccc(Cl)cn1)C(F)(F)F. The van der Waals surface area contributed by atoms with Crippen molar-refractivity contribution in [3.8, 4) is 5.75 Å². The van der Waals surface area contributed by atoms with Gasteiger partial charge in [-0.2, -0.15) is 30.7 Å². The van der Waals surface area contributed by atoms with Crippen LogP contribution in [-0.4, -0.2) is 41.7 Å². The maximum absolute atomic E-state index is 14.8. The van der Waals surface area contributed by atoms with Gasteiger partial charge in [-0.1, -0.05) is 41.9 Å². The van der Waals surface area contributed by atoms with E-state index in [0.29, 0.717) is 23.8 Å². The minimum atomic E-state index is -5.31. The van der Waals surface area contributed by atoms with Gasteiger partial charge in [0.05, 0.1) is 10.7 Å². The molecule has 2 atom stereocenters. The van der Waals surface area contributed by atoms with Crippen molar-refractivity contribution in [2.24, 2.45) is 5.73 Å². The molecule has 16 heteroatoms. The van der Waals surface area contributed by atoms with E-state index in [1.165, 1.54) is 29.6 Å². The molecule has 0 fully saturated rings. The molecule has 41 heavy (non-hydrogen) atoms. The van der Waals surface area contributed by atoms with E-state index in [0.717, 1.165) is 6.20 Å². The van der Waals surface area contributed by atoms with Crippen molar-refractivity contribution in [2.45, 2.75) is 36.7 Å². The number of urea groups is 1. The quantitative estimate of drug-likeness (QED) is 0.271. The van der Waals surface area contributed by atoms with Crippen LogP contribution in [0.15, 0.2) is 66.9 Å². The zero-order chi connectivity index (χ0) is 30.6. The Morgan fingerprint density at radius 2 is 1.66 bits per heavy atom. The molecular weight excluding hydrogens is 592 g/mol. The molecule has 220 valence electrons. The molecule has 0 aliphatic heterocycles. The zero-order valence-electron chi connectivity index (χ0n) is 20.4. The van der Waals surface area contributed by atoms with Crippen LogP contribution in [0, 0.1) is 5.82 Å². The van der Waals surface area contributed by atoms with E-state index in [-0.39, 0.29) is 10.7 Å². The van der Waals surface area contributed by atoms with Crippen molar-refractivity contribution in [3.63, 3.8) is 0 Å². The van der Waals surface area contributed by atoms with Crippen LogP contribution in [0.25, 0.3) is 0 Å². The highest BCUT2D eigenvalue weighted by Gasteiger charge is 2.47. The van der Waals surface area contributed by atoms with Crippen LogP contribution in [0.4, 0.5) is 39.9 Å². The number of hydrogen-bond donors (Lipinski definition) is 3. The summed E-state index contributed by atoms with van der Waals surface area (Å²) in [4.78, 5) is 28.5. The number of ether oxygens (including phenoxy) is 1. The molecule has 3 rings (SSSR count). The molecule has 2 aromatic carbocycles. The highest BCUT2D eigenvalue weighted by Crippen LogP contribution is 2.37. The summed E-state index contributed by atoms with van der Waals surface area (Å²) in [5, 5.41) is 3.66. The van der Waals surface area contributed by atoms with Gasteiger partial charge in [-0.3, -0.25) is 9.78 Å². The Morgan fingerprint density at radius 3 is 2.20 bits per heavy atom. The van der Waals surface area contributed by atoms with Gasteiger partial charge in [-0.05, 0) is 35.4 Å². The van der Waals surface area contributed by atoms with E-state index in [9.17, 15) is 44.7 Å². The molecule has 0 spiro atoms. The number of nitrogens with one attached hydrogen (secondary N) is 2. The van der Waals surface area contributed by atoms with Crippen molar-refractivity contribution < 1.29 is 49.4 Å². The molecule has 0 radical (unpaired) electrons. The fourth-order valence-corrected chi connectivity index (χ4v) is 3.91. The van der Waals surface area contributed by atoms with E-state index in [1.54, 1.807) is 18.2 Å². The number of nitrogens with two attached hydrogens (primary N) is 1. The number of halogens is 9. The third-order valence-electron chi connectivity index (χ3n) is 5.56.